The van der Waals surface area contributed by atoms with Crippen LogP contribution in [-0.4, -0.2) is 51.0 Å². The van der Waals surface area contributed by atoms with Crippen molar-refractivity contribution in [1.29, 1.82) is 0 Å². The van der Waals surface area contributed by atoms with Crippen LogP contribution in [0.1, 0.15) is 26.7 Å². The van der Waals surface area contributed by atoms with Crippen molar-refractivity contribution in [3.05, 3.63) is 0 Å². The Morgan fingerprint density at radius 1 is 1.23 bits per heavy atom. The third kappa shape index (κ3) is 1.99. The van der Waals surface area contributed by atoms with E-state index in [0.29, 0.717) is 6.42 Å². The Balaban J connectivity index is 1.94. The lowest BCUT2D eigenvalue weighted by molar-refractivity contribution is -0.146. The number of nitrogens with two attached hydrogens (primary N) is 1. The summed E-state index contributed by atoms with van der Waals surface area (Å²) in [5.41, 5.74) is 4.72. The molecule has 1 saturated heterocycles. The molecule has 2 N–H and O–H groups in total. The summed E-state index contributed by atoms with van der Waals surface area (Å²) in [6.45, 7) is 2.56. The number of hydrogen-bond acceptors (Lipinski definition) is 8. The molecule has 124 valence electrons. The van der Waals surface area contributed by atoms with Gasteiger partial charge in [-0.3, -0.25) is 13.8 Å². The molecule has 3 aliphatic rings. The van der Waals surface area contributed by atoms with E-state index in [4.69, 9.17) is 19.4 Å². The Kier molecular flexibility index (Phi) is 3.32. The predicted molar refractivity (Wildman–Crippen MR) is 72.9 cm³/mol. The minimum absolute atomic E-state index is 0.0492. The van der Waals surface area contributed by atoms with Crippen LogP contribution in [0.15, 0.2) is 0 Å². The minimum atomic E-state index is -3.76. The molecule has 0 aromatic heterocycles. The fourth-order valence-corrected chi connectivity index (χ4v) is 6.43. The molecule has 0 aromatic carbocycles. The Morgan fingerprint density at radius 2 is 1.82 bits per heavy atom. The highest BCUT2D eigenvalue weighted by Crippen LogP contribution is 2.67. The van der Waals surface area contributed by atoms with E-state index in [1.165, 1.54) is 13.8 Å². The Bertz CT molecular complexity index is 632. The number of hydrogen-bond donors (Lipinski definition) is 1. The Morgan fingerprint density at radius 3 is 2.41 bits per heavy atom. The van der Waals surface area contributed by atoms with Crippen LogP contribution in [0, 0.1) is 10.8 Å². The summed E-state index contributed by atoms with van der Waals surface area (Å²) in [6.07, 6.45) is -0.0937. The third-order valence-electron chi connectivity index (χ3n) is 5.21. The van der Waals surface area contributed by atoms with E-state index in [2.05, 4.69) is 0 Å². The number of rotatable bonds is 4. The highest BCUT2D eigenvalue weighted by molar-refractivity contribution is 7.87. The first kappa shape index (κ1) is 15.7. The average molecular weight is 333 g/mol. The van der Waals surface area contributed by atoms with E-state index in [-0.39, 0.29) is 19.6 Å². The molecule has 2 bridgehead atoms. The maximum absolute atomic E-state index is 12.2. The molecule has 2 saturated carbocycles. The lowest BCUT2D eigenvalue weighted by Crippen LogP contribution is -2.53. The van der Waals surface area contributed by atoms with Crippen molar-refractivity contribution in [2.45, 2.75) is 44.1 Å². The van der Waals surface area contributed by atoms with Gasteiger partial charge in [0, 0.05) is 25.3 Å². The molecule has 0 spiro atoms. The smallest absolute Gasteiger partial charge is 0.302 e. The maximum Gasteiger partial charge on any atom is 0.302 e. The van der Waals surface area contributed by atoms with Crippen molar-refractivity contribution in [2.75, 3.05) is 13.2 Å². The highest BCUT2D eigenvalue weighted by Gasteiger charge is 2.78. The van der Waals surface area contributed by atoms with Crippen LogP contribution in [0.25, 0.3) is 0 Å². The zero-order valence-electron chi connectivity index (χ0n) is 12.4. The zero-order chi connectivity index (χ0) is 16.3. The summed E-state index contributed by atoms with van der Waals surface area (Å²) >= 11 is 0. The molecular formula is C13H19NO7S. The van der Waals surface area contributed by atoms with Crippen molar-refractivity contribution < 1.29 is 31.7 Å². The second-order valence-corrected chi connectivity index (χ2v) is 8.31. The second-order valence-electron chi connectivity index (χ2n) is 6.56. The van der Waals surface area contributed by atoms with Crippen LogP contribution in [0.3, 0.4) is 0 Å². The monoisotopic (exact) mass is 333 g/mol. The number of carbonyl (C=O) groups excluding carboxylic acids is 2. The van der Waals surface area contributed by atoms with Gasteiger partial charge in [-0.05, 0) is 12.8 Å². The molecule has 5 unspecified atom stereocenters. The van der Waals surface area contributed by atoms with Crippen LogP contribution in [0.5, 0.6) is 0 Å². The van der Waals surface area contributed by atoms with E-state index < -0.39 is 50.3 Å². The summed E-state index contributed by atoms with van der Waals surface area (Å²) in [5, 5.41) is -0.778. The van der Waals surface area contributed by atoms with E-state index in [0.717, 1.165) is 0 Å². The second kappa shape index (κ2) is 4.65. The van der Waals surface area contributed by atoms with Gasteiger partial charge in [-0.1, -0.05) is 0 Å². The lowest BCUT2D eigenvalue weighted by atomic mass is 9.76. The summed E-state index contributed by atoms with van der Waals surface area (Å²) in [6, 6.07) is -0.587. The molecule has 1 aliphatic heterocycles. The van der Waals surface area contributed by atoms with E-state index in [1.54, 1.807) is 0 Å². The van der Waals surface area contributed by atoms with Gasteiger partial charge in [0.05, 0.1) is 17.3 Å². The molecule has 22 heavy (non-hydrogen) atoms. The Hall–Kier alpha value is -1.19. The standard InChI is InChI=1S/C13H19NO7S/c1-7(15)19-5-12-3-9-13(4-12,6-20-8(2)16)11(10(12)14)21-22(9,17)18/h9-11H,3-6,14H2,1-2H3. The van der Waals surface area contributed by atoms with Gasteiger partial charge < -0.3 is 15.2 Å². The summed E-state index contributed by atoms with van der Waals surface area (Å²) in [4.78, 5) is 22.2. The van der Waals surface area contributed by atoms with Crippen LogP contribution in [-0.2, 0) is 33.4 Å². The molecule has 8 nitrogen and oxygen atoms in total. The van der Waals surface area contributed by atoms with E-state index in [9.17, 15) is 18.0 Å². The van der Waals surface area contributed by atoms with Gasteiger partial charge in [0.25, 0.3) is 10.1 Å². The van der Waals surface area contributed by atoms with Crippen molar-refractivity contribution >= 4 is 22.1 Å². The molecule has 2 aliphatic carbocycles. The third-order valence-corrected chi connectivity index (χ3v) is 7.02. The zero-order valence-corrected chi connectivity index (χ0v) is 13.2. The molecule has 5 atom stereocenters. The van der Waals surface area contributed by atoms with Crippen molar-refractivity contribution in [3.8, 4) is 0 Å². The van der Waals surface area contributed by atoms with Crippen LogP contribution in [0.2, 0.25) is 0 Å². The summed E-state index contributed by atoms with van der Waals surface area (Å²) in [7, 11) is -3.76. The van der Waals surface area contributed by atoms with E-state index in [1.807, 2.05) is 0 Å². The normalized spacial score (nSPS) is 44.0. The van der Waals surface area contributed by atoms with Gasteiger partial charge >= 0.3 is 11.9 Å². The summed E-state index contributed by atoms with van der Waals surface area (Å²) < 4.78 is 39.9. The molecule has 0 radical (unpaired) electrons. The molecule has 9 heteroatoms. The minimum Gasteiger partial charge on any atom is -0.465 e. The average Bonchev–Trinajstić information content (AvgIpc) is 2.91. The van der Waals surface area contributed by atoms with E-state index >= 15 is 0 Å². The lowest BCUT2D eigenvalue weighted by Gasteiger charge is -2.35. The highest BCUT2D eigenvalue weighted by atomic mass is 32.2. The molecule has 0 aromatic rings. The first-order chi connectivity index (χ1) is 10.1. The molecule has 3 fully saturated rings. The fraction of sp³-hybridized carbons (Fsp3) is 0.846. The summed E-state index contributed by atoms with van der Waals surface area (Å²) in [5.74, 6) is -0.925. The Labute approximate surface area is 128 Å². The van der Waals surface area contributed by atoms with Gasteiger partial charge in [0.15, 0.2) is 0 Å². The maximum atomic E-state index is 12.2. The molecular weight excluding hydrogens is 314 g/mol. The largest absolute Gasteiger partial charge is 0.465 e. The molecule has 1 heterocycles. The SMILES string of the molecule is CC(=O)OCC12CC3C(COC(C)=O)(C1)C(OS3(=O)=O)C2N. The van der Waals surface area contributed by atoms with Crippen molar-refractivity contribution in [2.24, 2.45) is 16.6 Å². The quantitative estimate of drug-likeness (QED) is 0.530. The number of fused-ring (bicyclic) bond motifs is 1. The number of esters is 2. The van der Waals surface area contributed by atoms with Gasteiger partial charge in [0.2, 0.25) is 0 Å². The van der Waals surface area contributed by atoms with Gasteiger partial charge in [-0.25, -0.2) is 0 Å². The van der Waals surface area contributed by atoms with Crippen molar-refractivity contribution in [1.82, 2.24) is 0 Å². The fourth-order valence-electron chi connectivity index (χ4n) is 4.30. The van der Waals surface area contributed by atoms with Crippen molar-refractivity contribution in [3.63, 3.8) is 0 Å². The van der Waals surface area contributed by atoms with Crippen LogP contribution < -0.4 is 5.73 Å². The van der Waals surface area contributed by atoms with Gasteiger partial charge in [-0.2, -0.15) is 8.42 Å². The number of carbonyl (C=O) groups is 2. The van der Waals surface area contributed by atoms with Gasteiger partial charge in [0.1, 0.15) is 12.7 Å². The molecule has 3 rings (SSSR count). The predicted octanol–water partition coefficient (Wildman–Crippen LogP) is -0.683. The number of ether oxygens (including phenoxy) is 2. The topological polar surface area (TPSA) is 122 Å². The first-order valence-corrected chi connectivity index (χ1v) is 8.55. The van der Waals surface area contributed by atoms with Crippen LogP contribution in [0.4, 0.5) is 0 Å². The first-order valence-electron chi connectivity index (χ1n) is 7.07. The van der Waals surface area contributed by atoms with Crippen LogP contribution >= 0.6 is 0 Å². The van der Waals surface area contributed by atoms with Gasteiger partial charge in [-0.15, -0.1) is 0 Å². The molecule has 0 amide bonds.